The summed E-state index contributed by atoms with van der Waals surface area (Å²) >= 11 is 1.42. The van der Waals surface area contributed by atoms with E-state index < -0.39 is 0 Å². The number of phenolic OH excluding ortho intramolecular Hbond substituents is 1. The maximum Gasteiger partial charge on any atom is 0.141 e. The molecule has 2 rings (SSSR count). The zero-order valence-corrected chi connectivity index (χ0v) is 8.54. The monoisotopic (exact) mass is 221 g/mol. The molecule has 1 N–H and O–H groups in total. The third-order valence-electron chi connectivity index (χ3n) is 1.76. The number of aromatic nitrogens is 1. The largest absolute Gasteiger partial charge is 0.508 e. The van der Waals surface area contributed by atoms with E-state index in [-0.39, 0.29) is 11.6 Å². The third-order valence-corrected chi connectivity index (χ3v) is 2.72. The van der Waals surface area contributed by atoms with E-state index >= 15 is 0 Å². The second-order valence-electron chi connectivity index (χ2n) is 2.91. The molecule has 0 saturated carbocycles. The number of hydrogen-bond acceptors (Lipinski definition) is 3. The van der Waals surface area contributed by atoms with Gasteiger partial charge in [-0.25, -0.2) is 9.37 Å². The van der Waals surface area contributed by atoms with Crippen LogP contribution in [0.3, 0.4) is 0 Å². The molecule has 0 saturated heterocycles. The Hall–Kier alpha value is -1.55. The fourth-order valence-electron chi connectivity index (χ4n) is 1.06. The van der Waals surface area contributed by atoms with Crippen molar-refractivity contribution in [2.75, 3.05) is 0 Å². The molecule has 0 aliphatic carbocycles. The maximum atomic E-state index is 12.6. The van der Waals surface area contributed by atoms with Crippen LogP contribution < -0.4 is 0 Å². The molecule has 2 aromatic rings. The molecule has 0 aliphatic rings. The van der Waals surface area contributed by atoms with Crippen molar-refractivity contribution in [3.63, 3.8) is 0 Å². The van der Waals surface area contributed by atoms with Gasteiger partial charge in [0.05, 0.1) is 6.20 Å². The first-order valence-electron chi connectivity index (χ1n) is 4.32. The topological polar surface area (TPSA) is 33.1 Å². The third kappa shape index (κ3) is 2.70. The summed E-state index contributed by atoms with van der Waals surface area (Å²) in [6.07, 6.45) is 1.18. The lowest BCUT2D eigenvalue weighted by atomic mass is 10.3. The highest BCUT2D eigenvalue weighted by molar-refractivity contribution is 7.99. The number of benzene rings is 1. The van der Waals surface area contributed by atoms with Gasteiger partial charge in [-0.05, 0) is 36.4 Å². The highest BCUT2D eigenvalue weighted by atomic mass is 32.2. The quantitative estimate of drug-likeness (QED) is 0.846. The Kier molecular flexibility index (Phi) is 2.87. The van der Waals surface area contributed by atoms with E-state index in [1.165, 1.54) is 24.0 Å². The highest BCUT2D eigenvalue weighted by Gasteiger charge is 1.99. The molecule has 1 aromatic carbocycles. The molecular weight excluding hydrogens is 213 g/mol. The predicted octanol–water partition coefficient (Wildman–Crippen LogP) is 3.08. The summed E-state index contributed by atoms with van der Waals surface area (Å²) in [4.78, 5) is 4.87. The van der Waals surface area contributed by atoms with Crippen LogP contribution in [0, 0.1) is 5.82 Å². The first kappa shape index (κ1) is 9.98. The second-order valence-corrected chi connectivity index (χ2v) is 4.00. The van der Waals surface area contributed by atoms with E-state index in [2.05, 4.69) is 4.98 Å². The van der Waals surface area contributed by atoms with Crippen molar-refractivity contribution in [3.8, 4) is 5.75 Å². The molecule has 0 fully saturated rings. The Labute approximate surface area is 90.8 Å². The summed E-state index contributed by atoms with van der Waals surface area (Å²) in [5.41, 5.74) is 0. The van der Waals surface area contributed by atoms with Crippen LogP contribution in [0.4, 0.5) is 4.39 Å². The molecule has 76 valence electrons. The van der Waals surface area contributed by atoms with Gasteiger partial charge in [0.2, 0.25) is 0 Å². The lowest BCUT2D eigenvalue weighted by Crippen LogP contribution is -1.81. The Balaban J connectivity index is 2.15. The van der Waals surface area contributed by atoms with E-state index in [9.17, 15) is 4.39 Å². The molecule has 15 heavy (non-hydrogen) atoms. The fourth-order valence-corrected chi connectivity index (χ4v) is 1.81. The van der Waals surface area contributed by atoms with E-state index in [0.29, 0.717) is 0 Å². The predicted molar refractivity (Wildman–Crippen MR) is 56.4 cm³/mol. The van der Waals surface area contributed by atoms with Crippen molar-refractivity contribution in [1.82, 2.24) is 4.98 Å². The average molecular weight is 221 g/mol. The molecule has 1 aromatic heterocycles. The van der Waals surface area contributed by atoms with E-state index in [1.807, 2.05) is 0 Å². The minimum Gasteiger partial charge on any atom is -0.508 e. The first-order chi connectivity index (χ1) is 7.24. The summed E-state index contributed by atoms with van der Waals surface area (Å²) in [5.74, 6) is -0.114. The van der Waals surface area contributed by atoms with Crippen LogP contribution in [0.1, 0.15) is 0 Å². The maximum absolute atomic E-state index is 12.6. The lowest BCUT2D eigenvalue weighted by molar-refractivity contribution is 0.475. The van der Waals surface area contributed by atoms with Crippen molar-refractivity contribution in [1.29, 1.82) is 0 Å². The van der Waals surface area contributed by atoms with Gasteiger partial charge < -0.3 is 5.11 Å². The van der Waals surface area contributed by atoms with Crippen molar-refractivity contribution in [2.24, 2.45) is 0 Å². The Morgan fingerprint density at radius 1 is 1.07 bits per heavy atom. The number of halogens is 1. The van der Waals surface area contributed by atoms with Crippen LogP contribution in [-0.2, 0) is 0 Å². The Bertz CT molecular complexity index is 398. The molecule has 0 bridgehead atoms. The fraction of sp³-hybridized carbons (Fsp3) is 0. The van der Waals surface area contributed by atoms with E-state index in [0.717, 1.165) is 9.92 Å². The van der Waals surface area contributed by atoms with Crippen LogP contribution >= 0.6 is 11.8 Å². The number of phenols is 1. The van der Waals surface area contributed by atoms with Crippen molar-refractivity contribution in [2.45, 2.75) is 9.92 Å². The molecule has 0 atom stereocenters. The summed E-state index contributed by atoms with van der Waals surface area (Å²) in [6, 6.07) is 9.76. The number of hydrogen-bond donors (Lipinski definition) is 1. The molecule has 0 spiro atoms. The smallest absolute Gasteiger partial charge is 0.141 e. The van der Waals surface area contributed by atoms with Gasteiger partial charge in [0.1, 0.15) is 16.6 Å². The summed E-state index contributed by atoms with van der Waals surface area (Å²) < 4.78 is 12.6. The lowest BCUT2D eigenvalue weighted by Gasteiger charge is -2.00. The van der Waals surface area contributed by atoms with Crippen molar-refractivity contribution in [3.05, 3.63) is 48.4 Å². The highest BCUT2D eigenvalue weighted by Crippen LogP contribution is 2.26. The normalized spacial score (nSPS) is 10.2. The SMILES string of the molecule is Oc1ccc(Sc2ccc(F)cn2)cc1. The van der Waals surface area contributed by atoms with E-state index in [1.54, 1.807) is 30.3 Å². The van der Waals surface area contributed by atoms with Crippen LogP contribution in [-0.4, -0.2) is 10.1 Å². The molecule has 0 radical (unpaired) electrons. The van der Waals surface area contributed by atoms with Crippen molar-refractivity contribution < 1.29 is 9.50 Å². The minimum atomic E-state index is -0.343. The van der Waals surface area contributed by atoms with Gasteiger partial charge in [-0.15, -0.1) is 0 Å². The van der Waals surface area contributed by atoms with Gasteiger partial charge in [-0.3, -0.25) is 0 Å². The average Bonchev–Trinajstić information content (AvgIpc) is 2.25. The number of rotatable bonds is 2. The van der Waals surface area contributed by atoms with Gasteiger partial charge in [-0.2, -0.15) is 0 Å². The summed E-state index contributed by atoms with van der Waals surface area (Å²) in [6.45, 7) is 0. The van der Waals surface area contributed by atoms with Gasteiger partial charge >= 0.3 is 0 Å². The second kappa shape index (κ2) is 4.31. The minimum absolute atomic E-state index is 0.228. The van der Waals surface area contributed by atoms with Crippen molar-refractivity contribution >= 4 is 11.8 Å². The molecule has 1 heterocycles. The molecule has 0 unspecified atom stereocenters. The molecule has 0 amide bonds. The van der Waals surface area contributed by atoms with Gasteiger partial charge in [-0.1, -0.05) is 11.8 Å². The number of pyridine rings is 1. The van der Waals surface area contributed by atoms with E-state index in [4.69, 9.17) is 5.11 Å². The number of nitrogens with zero attached hydrogens (tertiary/aromatic N) is 1. The first-order valence-corrected chi connectivity index (χ1v) is 5.14. The van der Waals surface area contributed by atoms with Crippen LogP contribution in [0.25, 0.3) is 0 Å². The molecule has 0 aliphatic heterocycles. The van der Waals surface area contributed by atoms with Crippen LogP contribution in [0.5, 0.6) is 5.75 Å². The molecular formula is C11H8FNOS. The van der Waals surface area contributed by atoms with Crippen LogP contribution in [0.2, 0.25) is 0 Å². The van der Waals surface area contributed by atoms with Gasteiger partial charge in [0.25, 0.3) is 0 Å². The van der Waals surface area contributed by atoms with Gasteiger partial charge in [0, 0.05) is 4.90 Å². The molecule has 4 heteroatoms. The Morgan fingerprint density at radius 3 is 2.40 bits per heavy atom. The standard InChI is InChI=1S/C11H8FNOS/c12-8-1-6-11(13-7-8)15-10-4-2-9(14)3-5-10/h1-7,14H. The van der Waals surface area contributed by atoms with Gasteiger partial charge in [0.15, 0.2) is 0 Å². The zero-order valence-electron chi connectivity index (χ0n) is 7.72. The van der Waals surface area contributed by atoms with Crippen LogP contribution in [0.15, 0.2) is 52.5 Å². The summed E-state index contributed by atoms with van der Waals surface area (Å²) in [5, 5.41) is 9.81. The summed E-state index contributed by atoms with van der Waals surface area (Å²) in [7, 11) is 0. The zero-order chi connectivity index (χ0) is 10.7. The molecule has 2 nitrogen and oxygen atoms in total. The Morgan fingerprint density at radius 2 is 1.80 bits per heavy atom. The number of aromatic hydroxyl groups is 1.